The van der Waals surface area contributed by atoms with Crippen molar-refractivity contribution in [2.75, 3.05) is 11.9 Å². The second-order valence-corrected chi connectivity index (χ2v) is 19.4. The average molecular weight is 1090 g/mol. The van der Waals surface area contributed by atoms with Crippen molar-refractivity contribution in [2.45, 2.75) is 46.7 Å². The number of rotatable bonds is 11. The van der Waals surface area contributed by atoms with E-state index in [-0.39, 0.29) is 69.2 Å². The van der Waals surface area contributed by atoms with Gasteiger partial charge < -0.3 is 19.7 Å². The highest BCUT2D eigenvalue weighted by molar-refractivity contribution is 7.86. The fourth-order valence-corrected chi connectivity index (χ4v) is 8.84. The lowest BCUT2D eigenvalue weighted by Gasteiger charge is -2.24. The van der Waals surface area contributed by atoms with Gasteiger partial charge in [-0.3, -0.25) is 23.4 Å². The summed E-state index contributed by atoms with van der Waals surface area (Å²) in [4.78, 5) is 30.6. The summed E-state index contributed by atoms with van der Waals surface area (Å²) in [6, 6.07) is 23.5. The van der Waals surface area contributed by atoms with Crippen LogP contribution in [-0.2, 0) is 80.1 Å². The number of likely N-dealkylation sites (tertiary alicyclic amines) is 1. The zero-order valence-electron chi connectivity index (χ0n) is 34.9. The molecule has 1 atom stereocenters. The Hall–Kier alpha value is -7.10. The van der Waals surface area contributed by atoms with Crippen molar-refractivity contribution in [1.82, 2.24) is 4.90 Å². The lowest BCUT2D eigenvalue weighted by atomic mass is 9.90. The van der Waals surface area contributed by atoms with Gasteiger partial charge in [0.05, 0.1) is 21.7 Å². The van der Waals surface area contributed by atoms with E-state index >= 15 is 0 Å². The van der Waals surface area contributed by atoms with E-state index in [2.05, 4.69) is 10.3 Å². The van der Waals surface area contributed by atoms with Crippen molar-refractivity contribution in [2.24, 2.45) is 4.99 Å². The number of anilines is 1. The van der Waals surface area contributed by atoms with E-state index in [0.717, 1.165) is 18.2 Å². The zero-order valence-corrected chi connectivity index (χ0v) is 39.8. The largest absolute Gasteiger partial charge is 0.480 e. The molecule has 31 heteroatoms. The third-order valence-electron chi connectivity index (χ3n) is 9.69. The highest BCUT2D eigenvalue weighted by Crippen LogP contribution is 2.43. The van der Waals surface area contributed by atoms with Crippen molar-refractivity contribution in [1.29, 1.82) is 0 Å². The molecule has 1 saturated heterocycles. The number of nitrogens with zero attached hydrogens (tertiary/aromatic N) is 2. The molecule has 4 aromatic carbocycles. The molecule has 0 radical (unpaired) electrons. The Morgan fingerprint density at radius 2 is 1.26 bits per heavy atom. The molecule has 1 unspecified atom stereocenters. The van der Waals surface area contributed by atoms with Gasteiger partial charge in [-0.2, -0.15) is 25.3 Å². The summed E-state index contributed by atoms with van der Waals surface area (Å²) in [7, 11) is -23.3. The number of carboxylic acids is 1. The van der Waals surface area contributed by atoms with Crippen LogP contribution in [-0.4, -0.2) is 111 Å². The molecule has 1 aliphatic carbocycles. The van der Waals surface area contributed by atoms with Gasteiger partial charge in [0.15, 0.2) is 0 Å². The maximum Gasteiger partial charge on any atom is 0.425 e. The smallest absolute Gasteiger partial charge is 0.425 e. The maximum absolute atomic E-state index is 14.1. The van der Waals surface area contributed by atoms with E-state index < -0.39 is 85.0 Å². The number of amides is 1. The molecule has 0 bridgehead atoms. The number of hydrogen-bond donors (Lipinski definition) is 5. The summed E-state index contributed by atoms with van der Waals surface area (Å²) in [6.07, 6.45) is 0.735. The normalized spacial score (nSPS) is 13.7. The Kier molecular flexibility index (Phi) is 18.6. The first kappa shape index (κ1) is 55.5. The van der Waals surface area contributed by atoms with Crippen LogP contribution in [0.5, 0.6) is 0 Å². The molecular weight excluding hydrogens is 1050 g/mol. The van der Waals surface area contributed by atoms with Gasteiger partial charge in [0.1, 0.15) is 22.3 Å². The lowest BCUT2D eigenvalue weighted by Crippen LogP contribution is -2.40. The van der Waals surface area contributed by atoms with Crippen molar-refractivity contribution in [3.05, 3.63) is 125 Å². The monoisotopic (exact) mass is 1090 g/mol. The van der Waals surface area contributed by atoms with Crippen molar-refractivity contribution in [3.8, 4) is 22.5 Å². The van der Waals surface area contributed by atoms with Gasteiger partial charge in [-0.1, -0.05) is 48.5 Å². The number of aliphatic carboxylic acids is 1. The van der Waals surface area contributed by atoms with Crippen molar-refractivity contribution < 1.29 is 95.9 Å². The Morgan fingerprint density at radius 3 is 1.83 bits per heavy atom. The van der Waals surface area contributed by atoms with Crippen LogP contribution in [0.25, 0.3) is 33.4 Å². The van der Waals surface area contributed by atoms with Gasteiger partial charge in [0.25, 0.3) is 36.3 Å². The summed E-state index contributed by atoms with van der Waals surface area (Å²) in [5.74, 6) is -1.67. The van der Waals surface area contributed by atoms with E-state index in [1.165, 1.54) is 47.4 Å². The Morgan fingerprint density at radius 1 is 0.686 bits per heavy atom. The van der Waals surface area contributed by atoms with Gasteiger partial charge in [-0.05, 0) is 72.0 Å². The van der Waals surface area contributed by atoms with Crippen LogP contribution in [0, 0.1) is 0 Å². The molecule has 0 saturated carbocycles. The standard InChI is InChI=1S/C39H33N3O13S3.3O3S/c43-38(42-17-5-9-32(42)39(44)45)28-8-3-2-7-27(28)37-29-16-13-25(40-22-24-6-1-4-10-35(24)57(49,50)51)18-33(29)55-34-20-31(36(19-30(34)37)58(52,53)54)41-21-23-11-14-26(15-12-23)56(46,47)48;3*1-4(2)3/h1-4,6-8,10-16,18-20,32,40H,5,9,17,21-22H2,(H,44,45)(H,46,47,48)(H,49,50,51)(H,52,53,54);;;. The molecular formula is C39H33N3O22S6. The van der Waals surface area contributed by atoms with Crippen LogP contribution in [0.4, 0.5) is 5.69 Å². The first-order valence-electron chi connectivity index (χ1n) is 18.9. The number of carboxylic acid groups (broad SMARTS) is 1. The van der Waals surface area contributed by atoms with Crippen LogP contribution >= 0.6 is 0 Å². The minimum Gasteiger partial charge on any atom is -0.480 e. The number of benzene rings is 5. The minimum absolute atomic E-state index is 0.0359. The van der Waals surface area contributed by atoms with E-state index in [0.29, 0.717) is 34.2 Å². The summed E-state index contributed by atoms with van der Waals surface area (Å²) in [6.45, 7) is -0.0369. The van der Waals surface area contributed by atoms with E-state index in [1.54, 1.807) is 42.5 Å². The first-order valence-corrected chi connectivity index (χ1v) is 26.2. The Bertz CT molecular complexity index is 3650. The van der Waals surface area contributed by atoms with E-state index in [9.17, 15) is 53.6 Å². The van der Waals surface area contributed by atoms with Crippen LogP contribution < -0.4 is 10.7 Å². The van der Waals surface area contributed by atoms with Crippen LogP contribution in [0.3, 0.4) is 0 Å². The van der Waals surface area contributed by atoms with Crippen molar-refractivity contribution in [3.63, 3.8) is 0 Å². The second kappa shape index (κ2) is 23.5. The molecule has 372 valence electrons. The summed E-state index contributed by atoms with van der Waals surface area (Å²) >= 11 is 0. The Balaban J connectivity index is 0.000000799. The van der Waals surface area contributed by atoms with Gasteiger partial charge >= 0.3 is 37.8 Å². The molecule has 1 fully saturated rings. The van der Waals surface area contributed by atoms with Gasteiger partial charge in [0.2, 0.25) is 0 Å². The molecule has 2 heterocycles. The van der Waals surface area contributed by atoms with E-state index in [4.69, 9.17) is 42.3 Å². The molecule has 7 rings (SSSR count). The number of hydrogen-bond acceptors (Lipinski definition) is 20. The first-order chi connectivity index (χ1) is 32.6. The number of fused-ring (bicyclic) bond motifs is 2. The highest BCUT2D eigenvalue weighted by Gasteiger charge is 2.36. The third kappa shape index (κ3) is 15.2. The van der Waals surface area contributed by atoms with Crippen LogP contribution in [0.1, 0.15) is 34.3 Å². The number of carbonyl (C=O) groups excluding carboxylic acids is 1. The maximum atomic E-state index is 14.1. The highest BCUT2D eigenvalue weighted by atomic mass is 32.2. The average Bonchev–Trinajstić information content (AvgIpc) is 3.76. The lowest BCUT2D eigenvalue weighted by molar-refractivity contribution is -0.141. The predicted molar refractivity (Wildman–Crippen MR) is 238 cm³/mol. The van der Waals surface area contributed by atoms with Crippen LogP contribution in [0.15, 0.2) is 127 Å². The fraction of sp³-hybridized carbons (Fsp3) is 0.154. The third-order valence-corrected chi connectivity index (χ3v) is 12.4. The summed E-state index contributed by atoms with van der Waals surface area (Å²) in [5.41, 5.74) is 2.17. The van der Waals surface area contributed by atoms with Gasteiger partial charge in [-0.25, -0.2) is 4.79 Å². The van der Waals surface area contributed by atoms with Gasteiger partial charge in [-0.15, -0.1) is 37.9 Å². The topological polar surface area (TPSA) is 412 Å². The van der Waals surface area contributed by atoms with Crippen molar-refractivity contribution >= 4 is 90.7 Å². The predicted octanol–water partition coefficient (Wildman–Crippen LogP) is 2.33. The summed E-state index contributed by atoms with van der Waals surface area (Å²) < 4.78 is 185. The van der Waals surface area contributed by atoms with Crippen LogP contribution in [0.2, 0.25) is 0 Å². The fourth-order valence-electron chi connectivity index (χ4n) is 6.99. The molecule has 1 amide bonds. The van der Waals surface area contributed by atoms with Gasteiger partial charge in [0, 0.05) is 53.0 Å². The number of nitrogens with one attached hydrogen (secondary N) is 1. The molecule has 25 nitrogen and oxygen atoms in total. The second-order valence-electron chi connectivity index (χ2n) is 14.0. The number of carbonyl (C=O) groups is 2. The molecule has 4 aromatic rings. The van der Waals surface area contributed by atoms with E-state index in [1.807, 2.05) is 0 Å². The molecule has 3 aliphatic rings. The zero-order chi connectivity index (χ0) is 52.3. The minimum atomic E-state index is -4.98. The molecule has 2 aliphatic heterocycles. The molecule has 70 heavy (non-hydrogen) atoms. The SMILES string of the molecule is O=C(O)C1CCCN1C(=O)c1ccccc1-c1c2cc(S(=O)(=O)O)c(=NCc3ccc(S(=O)(=O)O)cc3)cc-2oc2cc(NCc3ccccc3S(=O)(=O)O)ccc12.O=S(=O)=O.O=S(=O)=O.O=S(=O)=O. The molecule has 5 N–H and O–H groups in total. The molecule has 0 aromatic heterocycles. The Labute approximate surface area is 400 Å². The quantitative estimate of drug-likeness (QED) is 0.0918. The molecule has 0 spiro atoms. The summed E-state index contributed by atoms with van der Waals surface area (Å²) in [5, 5.41) is 13.1.